The molecule has 5 N–H and O–H groups in total. The molecule has 0 radical (unpaired) electrons. The van der Waals surface area contributed by atoms with Crippen molar-refractivity contribution in [3.8, 4) is 0 Å². The molecule has 2 saturated heterocycles. The van der Waals surface area contributed by atoms with E-state index in [-0.39, 0.29) is 29.8 Å². The zero-order chi connectivity index (χ0) is 53.1. The average molecular weight is 1040 g/mol. The molecule has 74 heavy (non-hydrogen) atoms. The number of aromatic amines is 1. The predicted octanol–water partition coefficient (Wildman–Crippen LogP) is 8.11. The minimum absolute atomic E-state index is 0.0520. The van der Waals surface area contributed by atoms with Gasteiger partial charge in [0, 0.05) is 103 Å². The molecule has 6 aliphatic rings. The number of nitrogens with zero attached hydrogens (tertiary/aromatic N) is 3. The van der Waals surface area contributed by atoms with Crippen molar-refractivity contribution in [3.63, 3.8) is 0 Å². The van der Waals surface area contributed by atoms with Crippen LogP contribution >= 0.6 is 0 Å². The van der Waals surface area contributed by atoms with E-state index in [1.807, 2.05) is 6.92 Å². The molecular weight excluding hydrogens is 953 g/mol. The molecule has 2 fully saturated rings. The van der Waals surface area contributed by atoms with Crippen molar-refractivity contribution in [1.29, 1.82) is 0 Å². The molecule has 2 aromatic heterocycles. The molecule has 2 aliphatic carbocycles. The van der Waals surface area contributed by atoms with E-state index in [0.717, 1.165) is 50.8 Å². The van der Waals surface area contributed by atoms with E-state index in [1.165, 1.54) is 49.6 Å². The fraction of sp³-hybridized carbons (Fsp3) is 0.644. The molecule has 0 amide bonds. The third-order valence-corrected chi connectivity index (χ3v) is 22.7. The van der Waals surface area contributed by atoms with Gasteiger partial charge < -0.3 is 53.4 Å². The number of aliphatic hydroxyl groups excluding tert-OH is 4. The van der Waals surface area contributed by atoms with E-state index < -0.39 is 51.4 Å². The zero-order valence-electron chi connectivity index (χ0n) is 46.0. The highest BCUT2D eigenvalue weighted by molar-refractivity contribution is 6.74. The molecule has 4 aliphatic heterocycles. The summed E-state index contributed by atoms with van der Waals surface area (Å²) in [6, 6.07) is 13.9. The highest BCUT2D eigenvalue weighted by Gasteiger charge is 2.57. The molecule has 4 aromatic rings. The standard InChI is InChI=1S/C31H48N2O3Si.C28H38N2O7/c1-10-27-20(3)29(36-37(8,9)30(4,5)6)31(11-2,35-27)34-19-21-15-24-23-13-12-14-25-28(23)22(17-32-25)16-26(24)33(7)18-21;1-3-19(33)6-5-9-30-13-18-11-23-21(20-7-4-8-22(30)25(18)20)10-17(12-29(23)2)15-36-28(16-32)27(35)26(34)24(14-31)37-28/h12-15,17,20,24,26-27,29,32H,10-11,16,18-19H2,1-9H3;4,7-8,10,13,21,23-24,26-27,31-32,34-35H,3,5-6,9,11-12,14-16H2,1-2H3. The highest BCUT2D eigenvalue weighted by atomic mass is 28.4. The van der Waals surface area contributed by atoms with Crippen LogP contribution in [0.4, 0.5) is 0 Å². The van der Waals surface area contributed by atoms with Crippen LogP contribution in [0.25, 0.3) is 21.8 Å². The van der Waals surface area contributed by atoms with E-state index in [0.29, 0.717) is 55.7 Å². The summed E-state index contributed by atoms with van der Waals surface area (Å²) in [6.07, 6.45) is 11.3. The first kappa shape index (κ1) is 55.2. The third kappa shape index (κ3) is 10.1. The Balaban J connectivity index is 0.000000182. The lowest BCUT2D eigenvalue weighted by molar-refractivity contribution is -0.272. The van der Waals surface area contributed by atoms with Gasteiger partial charge in [-0.1, -0.05) is 84.9 Å². The van der Waals surface area contributed by atoms with Crippen LogP contribution in [0, 0.1) is 5.92 Å². The van der Waals surface area contributed by atoms with Crippen LogP contribution in [0.2, 0.25) is 18.1 Å². The first-order valence-corrected chi connectivity index (χ1v) is 30.5. The van der Waals surface area contributed by atoms with Gasteiger partial charge in [0.05, 0.1) is 25.9 Å². The zero-order valence-corrected chi connectivity index (χ0v) is 47.0. The molecule has 12 atom stereocenters. The summed E-state index contributed by atoms with van der Waals surface area (Å²) in [5, 5.41) is 42.9. The highest BCUT2D eigenvalue weighted by Crippen LogP contribution is 2.49. The van der Waals surface area contributed by atoms with Gasteiger partial charge in [-0.05, 0) is 103 Å². The van der Waals surface area contributed by atoms with Gasteiger partial charge in [-0.2, -0.15) is 0 Å². The van der Waals surface area contributed by atoms with Gasteiger partial charge in [0.25, 0.3) is 0 Å². The molecule has 2 aromatic carbocycles. The van der Waals surface area contributed by atoms with Gasteiger partial charge in [0.2, 0.25) is 5.79 Å². The molecule has 14 nitrogen and oxygen atoms in total. The topological polar surface area (TPSA) is 171 Å². The van der Waals surface area contributed by atoms with Crippen LogP contribution < -0.4 is 0 Å². The van der Waals surface area contributed by atoms with Crippen LogP contribution in [-0.4, -0.2) is 162 Å². The number of ether oxygens (including phenoxy) is 4. The average Bonchev–Trinajstić information content (AvgIpc) is 4.11. The molecule has 15 heteroatoms. The molecule has 12 unspecified atom stereocenters. The van der Waals surface area contributed by atoms with Gasteiger partial charge in [-0.25, -0.2) is 0 Å². The molecule has 10 rings (SSSR count). The van der Waals surface area contributed by atoms with Crippen molar-refractivity contribution >= 4 is 35.9 Å². The summed E-state index contributed by atoms with van der Waals surface area (Å²) in [4.78, 5) is 20.1. The van der Waals surface area contributed by atoms with Crippen molar-refractivity contribution in [2.75, 3.05) is 53.6 Å². The van der Waals surface area contributed by atoms with E-state index in [1.54, 1.807) is 0 Å². The molecule has 0 saturated carbocycles. The van der Waals surface area contributed by atoms with E-state index in [9.17, 15) is 25.2 Å². The Morgan fingerprint density at radius 1 is 0.851 bits per heavy atom. The Morgan fingerprint density at radius 3 is 2.04 bits per heavy atom. The number of aromatic nitrogens is 2. The number of benzene rings is 2. The second-order valence-electron chi connectivity index (χ2n) is 24.0. The summed E-state index contributed by atoms with van der Waals surface area (Å²) in [5.74, 6) is -1.34. The van der Waals surface area contributed by atoms with Gasteiger partial charge in [0.1, 0.15) is 36.8 Å². The number of carbonyl (C=O) groups is 1. The summed E-state index contributed by atoms with van der Waals surface area (Å²) in [7, 11) is 2.36. The van der Waals surface area contributed by atoms with E-state index in [2.05, 4.69) is 149 Å². The fourth-order valence-corrected chi connectivity index (χ4v) is 14.3. The number of rotatable bonds is 17. The van der Waals surface area contributed by atoms with Gasteiger partial charge in [-0.15, -0.1) is 0 Å². The minimum atomic E-state index is -2.00. The number of aryl methyl sites for hydroxylation is 1. The molecular formula is C59H86N4O10Si. The summed E-state index contributed by atoms with van der Waals surface area (Å²) < 4.78 is 34.5. The van der Waals surface area contributed by atoms with E-state index in [4.69, 9.17) is 23.4 Å². The second-order valence-corrected chi connectivity index (χ2v) is 28.7. The van der Waals surface area contributed by atoms with Crippen molar-refractivity contribution < 1.29 is 48.6 Å². The van der Waals surface area contributed by atoms with Crippen LogP contribution in [0.3, 0.4) is 0 Å². The van der Waals surface area contributed by atoms with E-state index >= 15 is 0 Å². The Hall–Kier alpha value is -3.55. The summed E-state index contributed by atoms with van der Waals surface area (Å²) in [5.41, 5.74) is 10.3. The maximum atomic E-state index is 11.8. The molecule has 406 valence electrons. The number of likely N-dealkylation sites (N-methyl/N-ethyl adjacent to an activating group) is 2. The largest absolute Gasteiger partial charge is 0.408 e. The van der Waals surface area contributed by atoms with Gasteiger partial charge >= 0.3 is 0 Å². The van der Waals surface area contributed by atoms with Gasteiger partial charge in [-0.3, -0.25) is 14.6 Å². The summed E-state index contributed by atoms with van der Waals surface area (Å²) in [6.45, 7) is 22.2. The first-order chi connectivity index (χ1) is 35.2. The number of fused-ring (bicyclic) bond motifs is 4. The summed E-state index contributed by atoms with van der Waals surface area (Å²) >= 11 is 0. The number of ketones is 1. The van der Waals surface area contributed by atoms with Gasteiger partial charge in [0.15, 0.2) is 14.1 Å². The lowest BCUT2D eigenvalue weighted by Crippen LogP contribution is -2.53. The number of H-pyrrole nitrogens is 1. The lowest BCUT2D eigenvalue weighted by atomic mass is 9.77. The third-order valence-electron chi connectivity index (χ3n) is 18.2. The van der Waals surface area contributed by atoms with Crippen LogP contribution in [0.15, 0.2) is 72.1 Å². The SMILES string of the molecule is CCC(=O)CCCn1cc2c3c(cccc31)C1C=C(COC3(CO)OC(CO)C(O)C3O)CN(C)C1C2.CCC1OC(CC)(OCC2=CC3c4cccc5[nH]cc(c45)CC3N(C)C2)C(O[Si](C)(C)C(C)(C)C)C1C. The number of Topliss-reactive ketones (excluding diaryl/α,β-unsaturated/α-hetero) is 1. The Labute approximate surface area is 440 Å². The number of nitrogens with one attached hydrogen (secondary N) is 1. The molecule has 0 bridgehead atoms. The quantitative estimate of drug-likeness (QED) is 0.0510. The normalized spacial score (nSPS) is 32.0. The Kier molecular flexibility index (Phi) is 16.2. The smallest absolute Gasteiger partial charge is 0.221 e. The van der Waals surface area contributed by atoms with Crippen LogP contribution in [-0.2, 0) is 47.6 Å². The lowest BCUT2D eigenvalue weighted by Gasteiger charge is -2.44. The Morgan fingerprint density at radius 2 is 1.46 bits per heavy atom. The maximum absolute atomic E-state index is 11.8. The first-order valence-electron chi connectivity index (χ1n) is 27.6. The Bertz CT molecular complexity index is 2710. The number of hydrogen-bond donors (Lipinski definition) is 5. The molecule has 6 heterocycles. The van der Waals surface area contributed by atoms with Crippen molar-refractivity contribution in [2.24, 2.45) is 5.92 Å². The number of hydrogen-bond acceptors (Lipinski definition) is 12. The van der Waals surface area contributed by atoms with Crippen LogP contribution in [0.1, 0.15) is 115 Å². The minimum Gasteiger partial charge on any atom is -0.408 e. The van der Waals surface area contributed by atoms with Crippen LogP contribution in [0.5, 0.6) is 0 Å². The predicted molar refractivity (Wildman–Crippen MR) is 292 cm³/mol. The monoisotopic (exact) mass is 1040 g/mol. The number of aliphatic hydroxyl groups is 4. The maximum Gasteiger partial charge on any atom is 0.221 e. The van der Waals surface area contributed by atoms with Crippen molar-refractivity contribution in [3.05, 3.63) is 94.3 Å². The fourth-order valence-electron chi connectivity index (χ4n) is 12.9. The number of carbonyl (C=O) groups excluding carboxylic acids is 1. The van der Waals surface area contributed by atoms with Crippen molar-refractivity contribution in [1.82, 2.24) is 19.4 Å². The second kappa shape index (κ2) is 21.7. The van der Waals surface area contributed by atoms with Crippen molar-refractivity contribution in [2.45, 2.75) is 184 Å². The molecule has 0 spiro atoms.